The van der Waals surface area contributed by atoms with Crippen LogP contribution in [-0.2, 0) is 5.54 Å². The Balaban J connectivity index is 2.08. The first-order valence-electron chi connectivity index (χ1n) is 7.29. The van der Waals surface area contributed by atoms with Gasteiger partial charge in [0.1, 0.15) is 0 Å². The van der Waals surface area contributed by atoms with Gasteiger partial charge in [-0.25, -0.2) is 4.79 Å². The van der Waals surface area contributed by atoms with Crippen molar-refractivity contribution in [1.29, 1.82) is 0 Å². The van der Waals surface area contributed by atoms with Crippen LogP contribution >= 0.6 is 0 Å². The summed E-state index contributed by atoms with van der Waals surface area (Å²) < 4.78 is 10.6. The third-order valence-corrected chi connectivity index (χ3v) is 3.71. The molecule has 2 rings (SSSR count). The van der Waals surface area contributed by atoms with Gasteiger partial charge in [-0.3, -0.25) is 0 Å². The molecule has 0 spiro atoms. The van der Waals surface area contributed by atoms with E-state index in [9.17, 15) is 4.79 Å². The number of hydrogen-bond acceptors (Lipinski definition) is 3. The van der Waals surface area contributed by atoms with Gasteiger partial charge in [0.05, 0.1) is 19.8 Å². The van der Waals surface area contributed by atoms with Crippen molar-refractivity contribution in [2.45, 2.75) is 32.2 Å². The summed E-state index contributed by atoms with van der Waals surface area (Å²) in [5.41, 5.74) is 0.792. The maximum atomic E-state index is 12.0. The summed E-state index contributed by atoms with van der Waals surface area (Å²) in [6.45, 7) is 4.82. The minimum Gasteiger partial charge on any atom is -0.493 e. The molecule has 1 aromatic rings. The molecular formula is C16H24N2O3. The highest BCUT2D eigenvalue weighted by atomic mass is 16.5. The monoisotopic (exact) mass is 292 g/mol. The van der Waals surface area contributed by atoms with Crippen LogP contribution in [0.2, 0.25) is 0 Å². The Bertz CT molecular complexity index is 510. The first-order chi connectivity index (χ1) is 10.0. The number of hydrogen-bond donors (Lipinski definition) is 2. The highest BCUT2D eigenvalue weighted by Crippen LogP contribution is 2.47. The Labute approximate surface area is 126 Å². The van der Waals surface area contributed by atoms with E-state index in [2.05, 4.69) is 24.5 Å². The van der Waals surface area contributed by atoms with E-state index < -0.39 is 0 Å². The van der Waals surface area contributed by atoms with Gasteiger partial charge in [-0.2, -0.15) is 0 Å². The molecule has 0 aliphatic heterocycles. The van der Waals surface area contributed by atoms with Crippen LogP contribution < -0.4 is 20.1 Å². The van der Waals surface area contributed by atoms with E-state index >= 15 is 0 Å². The topological polar surface area (TPSA) is 59.6 Å². The lowest BCUT2D eigenvalue weighted by atomic mass is 10.0. The molecule has 0 heterocycles. The Kier molecular flexibility index (Phi) is 4.60. The molecule has 1 saturated carbocycles. The van der Waals surface area contributed by atoms with Gasteiger partial charge >= 0.3 is 6.03 Å². The van der Waals surface area contributed by atoms with Crippen molar-refractivity contribution in [3.8, 4) is 11.5 Å². The number of methoxy groups -OCH3 is 2. The predicted molar refractivity (Wildman–Crippen MR) is 81.8 cm³/mol. The molecule has 0 radical (unpaired) electrons. The van der Waals surface area contributed by atoms with E-state index in [0.29, 0.717) is 24.0 Å². The van der Waals surface area contributed by atoms with Crippen LogP contribution in [0.25, 0.3) is 0 Å². The van der Waals surface area contributed by atoms with Crippen LogP contribution in [-0.4, -0.2) is 26.8 Å². The fraction of sp³-hybridized carbons (Fsp3) is 0.562. The van der Waals surface area contributed by atoms with Crippen molar-refractivity contribution in [2.75, 3.05) is 20.8 Å². The zero-order chi connectivity index (χ0) is 15.5. The van der Waals surface area contributed by atoms with Crippen molar-refractivity contribution in [3.05, 3.63) is 23.8 Å². The van der Waals surface area contributed by atoms with Crippen LogP contribution in [0.3, 0.4) is 0 Å². The van der Waals surface area contributed by atoms with Gasteiger partial charge in [0.15, 0.2) is 11.5 Å². The Morgan fingerprint density at radius 3 is 2.43 bits per heavy atom. The SMILES string of the molecule is COc1ccc(C2(NC(=O)NCC(C)C)CC2)cc1OC. The number of urea groups is 1. The predicted octanol–water partition coefficient (Wildman–Crippen LogP) is 2.65. The van der Waals surface area contributed by atoms with Crippen molar-refractivity contribution in [1.82, 2.24) is 10.6 Å². The number of rotatable bonds is 6. The highest BCUT2D eigenvalue weighted by molar-refractivity contribution is 5.75. The second kappa shape index (κ2) is 6.24. The second-order valence-electron chi connectivity index (χ2n) is 5.88. The van der Waals surface area contributed by atoms with Crippen molar-refractivity contribution in [2.24, 2.45) is 5.92 Å². The summed E-state index contributed by atoms with van der Waals surface area (Å²) in [5.74, 6) is 1.82. The first-order valence-corrected chi connectivity index (χ1v) is 7.29. The zero-order valence-corrected chi connectivity index (χ0v) is 13.2. The fourth-order valence-electron chi connectivity index (χ4n) is 2.30. The fourth-order valence-corrected chi connectivity index (χ4v) is 2.30. The lowest BCUT2D eigenvalue weighted by molar-refractivity contribution is 0.234. The van der Waals surface area contributed by atoms with E-state index in [0.717, 1.165) is 18.4 Å². The van der Waals surface area contributed by atoms with Crippen molar-refractivity contribution < 1.29 is 14.3 Å². The molecule has 2 amide bonds. The van der Waals surface area contributed by atoms with Gasteiger partial charge < -0.3 is 20.1 Å². The van der Waals surface area contributed by atoms with Crippen LogP contribution in [0.15, 0.2) is 18.2 Å². The molecule has 5 nitrogen and oxygen atoms in total. The smallest absolute Gasteiger partial charge is 0.315 e. The number of amides is 2. The molecule has 0 unspecified atom stereocenters. The highest BCUT2D eigenvalue weighted by Gasteiger charge is 2.46. The average molecular weight is 292 g/mol. The molecule has 0 atom stereocenters. The molecule has 1 fully saturated rings. The summed E-state index contributed by atoms with van der Waals surface area (Å²) in [6, 6.07) is 5.68. The van der Waals surface area contributed by atoms with Gasteiger partial charge in [0.2, 0.25) is 0 Å². The van der Waals surface area contributed by atoms with Gasteiger partial charge in [0, 0.05) is 6.54 Å². The number of nitrogens with one attached hydrogen (secondary N) is 2. The molecule has 1 aliphatic carbocycles. The van der Waals surface area contributed by atoms with Gasteiger partial charge in [-0.05, 0) is 36.5 Å². The van der Waals surface area contributed by atoms with Gasteiger partial charge in [-0.1, -0.05) is 19.9 Å². The molecule has 1 aliphatic rings. The molecule has 0 saturated heterocycles. The number of carbonyl (C=O) groups excluding carboxylic acids is 1. The number of ether oxygens (including phenoxy) is 2. The first kappa shape index (κ1) is 15.5. The van der Waals surface area contributed by atoms with E-state index in [1.807, 2.05) is 18.2 Å². The van der Waals surface area contributed by atoms with Crippen LogP contribution in [0, 0.1) is 5.92 Å². The lowest BCUT2D eigenvalue weighted by Crippen LogP contribution is -2.43. The second-order valence-corrected chi connectivity index (χ2v) is 5.88. The quantitative estimate of drug-likeness (QED) is 0.847. The molecule has 2 N–H and O–H groups in total. The summed E-state index contributed by atoms with van der Waals surface area (Å²) >= 11 is 0. The zero-order valence-electron chi connectivity index (χ0n) is 13.2. The maximum Gasteiger partial charge on any atom is 0.315 e. The molecule has 21 heavy (non-hydrogen) atoms. The van der Waals surface area contributed by atoms with E-state index in [-0.39, 0.29) is 11.6 Å². The third-order valence-electron chi connectivity index (χ3n) is 3.71. The molecule has 0 bridgehead atoms. The minimum atomic E-state index is -0.263. The molecular weight excluding hydrogens is 268 g/mol. The Hall–Kier alpha value is -1.91. The van der Waals surface area contributed by atoms with E-state index in [1.165, 1.54) is 0 Å². The van der Waals surface area contributed by atoms with Crippen LogP contribution in [0.1, 0.15) is 32.3 Å². The third kappa shape index (κ3) is 3.60. The normalized spacial score (nSPS) is 15.5. The Morgan fingerprint density at radius 2 is 1.90 bits per heavy atom. The summed E-state index contributed by atoms with van der Waals surface area (Å²) in [7, 11) is 3.23. The average Bonchev–Trinajstić information content (AvgIpc) is 3.25. The molecule has 0 aromatic heterocycles. The number of carbonyl (C=O) groups is 1. The minimum absolute atomic E-state index is 0.115. The lowest BCUT2D eigenvalue weighted by Gasteiger charge is -2.20. The van der Waals surface area contributed by atoms with Gasteiger partial charge in [0.25, 0.3) is 0 Å². The van der Waals surface area contributed by atoms with Crippen molar-refractivity contribution in [3.63, 3.8) is 0 Å². The van der Waals surface area contributed by atoms with E-state index in [1.54, 1.807) is 14.2 Å². The van der Waals surface area contributed by atoms with Crippen LogP contribution in [0.5, 0.6) is 11.5 Å². The number of benzene rings is 1. The van der Waals surface area contributed by atoms with Gasteiger partial charge in [-0.15, -0.1) is 0 Å². The molecule has 116 valence electrons. The molecule has 1 aromatic carbocycles. The van der Waals surface area contributed by atoms with E-state index in [4.69, 9.17) is 9.47 Å². The largest absolute Gasteiger partial charge is 0.493 e. The summed E-state index contributed by atoms with van der Waals surface area (Å²) in [5, 5.41) is 5.97. The Morgan fingerprint density at radius 1 is 1.24 bits per heavy atom. The standard InChI is InChI=1S/C16H24N2O3/c1-11(2)10-17-15(19)18-16(7-8-16)12-5-6-13(20-3)14(9-12)21-4/h5-6,9,11H,7-8,10H2,1-4H3,(H2,17,18,19). The molecule has 5 heteroatoms. The van der Waals surface area contributed by atoms with Crippen LogP contribution in [0.4, 0.5) is 4.79 Å². The van der Waals surface area contributed by atoms with Crippen molar-refractivity contribution >= 4 is 6.03 Å². The summed E-state index contributed by atoms with van der Waals surface area (Å²) in [4.78, 5) is 12.0. The summed E-state index contributed by atoms with van der Waals surface area (Å²) in [6.07, 6.45) is 1.88. The maximum absolute atomic E-state index is 12.0.